The highest BCUT2D eigenvalue weighted by Gasteiger charge is 2.21. The summed E-state index contributed by atoms with van der Waals surface area (Å²) in [4.78, 5) is 13.5. The average Bonchev–Trinajstić information content (AvgIpc) is 2.37. The van der Waals surface area contributed by atoms with Crippen molar-refractivity contribution in [1.82, 2.24) is 4.90 Å². The number of rotatable bonds is 6. The Morgan fingerprint density at radius 1 is 1.50 bits per heavy atom. The van der Waals surface area contributed by atoms with Crippen molar-refractivity contribution < 1.29 is 13.7 Å². The quantitative estimate of drug-likeness (QED) is 0.690. The number of carbonyl (C=O) groups excluding carboxylic acids is 1. The normalized spacial score (nSPS) is 24.5. The molecule has 0 N–H and O–H groups in total. The van der Waals surface area contributed by atoms with E-state index in [2.05, 4.69) is 16.7 Å². The zero-order valence-electron chi connectivity index (χ0n) is 11.7. The lowest BCUT2D eigenvalue weighted by Crippen LogP contribution is -2.37. The Bertz CT molecular complexity index is 296. The van der Waals surface area contributed by atoms with E-state index in [4.69, 9.17) is 0 Å². The van der Waals surface area contributed by atoms with E-state index in [1.807, 2.05) is 6.92 Å². The summed E-state index contributed by atoms with van der Waals surface area (Å²) in [6.07, 6.45) is 4.98. The Labute approximate surface area is 113 Å². The van der Waals surface area contributed by atoms with E-state index in [1.165, 1.54) is 26.4 Å². The number of piperidine rings is 1. The van der Waals surface area contributed by atoms with Gasteiger partial charge in [-0.15, -0.1) is 0 Å². The third-order valence-corrected chi connectivity index (χ3v) is 5.41. The number of carbonyl (C=O) groups is 1. The highest BCUT2D eigenvalue weighted by Crippen LogP contribution is 2.18. The molecule has 3 unspecified atom stereocenters. The van der Waals surface area contributed by atoms with E-state index in [9.17, 15) is 9.00 Å². The molecule has 18 heavy (non-hydrogen) atoms. The van der Waals surface area contributed by atoms with Crippen LogP contribution in [0.3, 0.4) is 0 Å². The van der Waals surface area contributed by atoms with Crippen molar-refractivity contribution >= 4 is 16.8 Å². The molecule has 0 spiro atoms. The first kappa shape index (κ1) is 15.6. The van der Waals surface area contributed by atoms with Gasteiger partial charge in [-0.05, 0) is 32.9 Å². The number of hydrogen-bond donors (Lipinski definition) is 0. The van der Waals surface area contributed by atoms with Crippen LogP contribution in [0.2, 0.25) is 0 Å². The van der Waals surface area contributed by atoms with Gasteiger partial charge in [-0.25, -0.2) is 0 Å². The van der Waals surface area contributed by atoms with Gasteiger partial charge in [0.05, 0.1) is 13.5 Å². The van der Waals surface area contributed by atoms with Crippen LogP contribution in [-0.2, 0) is 20.3 Å². The summed E-state index contributed by atoms with van der Waals surface area (Å²) in [5.41, 5.74) is 0. The maximum absolute atomic E-state index is 12.0. The van der Waals surface area contributed by atoms with Gasteiger partial charge in [0, 0.05) is 27.8 Å². The van der Waals surface area contributed by atoms with Crippen molar-refractivity contribution in [3.8, 4) is 0 Å². The number of nitrogens with zero attached hydrogens (tertiary/aromatic N) is 1. The minimum Gasteiger partial charge on any atom is -0.469 e. The molecule has 1 heterocycles. The molecule has 1 aliphatic rings. The largest absolute Gasteiger partial charge is 0.469 e. The van der Waals surface area contributed by atoms with Crippen LogP contribution >= 0.6 is 0 Å². The lowest BCUT2D eigenvalue weighted by molar-refractivity contribution is -0.140. The summed E-state index contributed by atoms with van der Waals surface area (Å²) in [7, 11) is 2.58. The van der Waals surface area contributed by atoms with Gasteiger partial charge < -0.3 is 9.64 Å². The van der Waals surface area contributed by atoms with Gasteiger partial charge in [0.1, 0.15) is 0 Å². The highest BCUT2D eigenvalue weighted by atomic mass is 32.2. The minimum absolute atomic E-state index is 0.105. The summed E-state index contributed by atoms with van der Waals surface area (Å²) in [5.74, 6) is 0.415. The van der Waals surface area contributed by atoms with E-state index < -0.39 is 10.8 Å². The summed E-state index contributed by atoms with van der Waals surface area (Å²) in [6.45, 7) is 3.01. The molecule has 1 saturated heterocycles. The van der Waals surface area contributed by atoms with Gasteiger partial charge >= 0.3 is 5.97 Å². The zero-order chi connectivity index (χ0) is 13.5. The van der Waals surface area contributed by atoms with Crippen molar-refractivity contribution in [2.24, 2.45) is 0 Å². The molecule has 106 valence electrons. The molecule has 1 rings (SSSR count). The molecule has 0 amide bonds. The number of esters is 1. The zero-order valence-corrected chi connectivity index (χ0v) is 12.5. The van der Waals surface area contributed by atoms with Crippen LogP contribution < -0.4 is 0 Å². The van der Waals surface area contributed by atoms with Crippen molar-refractivity contribution in [2.75, 3.05) is 26.5 Å². The van der Waals surface area contributed by atoms with Crippen LogP contribution in [0.5, 0.6) is 0 Å². The van der Waals surface area contributed by atoms with E-state index >= 15 is 0 Å². The number of hydrogen-bond acceptors (Lipinski definition) is 4. The molecule has 1 aliphatic heterocycles. The smallest absolute Gasteiger partial charge is 0.306 e. The van der Waals surface area contributed by atoms with Gasteiger partial charge in [-0.1, -0.05) is 13.3 Å². The van der Waals surface area contributed by atoms with Crippen molar-refractivity contribution in [2.45, 2.75) is 50.3 Å². The predicted octanol–water partition coefficient (Wildman–Crippen LogP) is 1.56. The van der Waals surface area contributed by atoms with Crippen LogP contribution in [0.15, 0.2) is 0 Å². The third-order valence-electron chi connectivity index (χ3n) is 3.70. The fraction of sp³-hybridized carbons (Fsp3) is 0.923. The van der Waals surface area contributed by atoms with E-state index in [1.54, 1.807) is 0 Å². The molecular formula is C13H25NO3S. The molecule has 0 radical (unpaired) electrons. The first-order valence-corrected chi connectivity index (χ1v) is 8.07. The monoisotopic (exact) mass is 275 g/mol. The molecule has 0 saturated carbocycles. The van der Waals surface area contributed by atoms with Crippen molar-refractivity contribution in [3.05, 3.63) is 0 Å². The Kier molecular flexibility index (Phi) is 6.86. The molecule has 0 aromatic rings. The number of methoxy groups -OCH3 is 1. The average molecular weight is 275 g/mol. The highest BCUT2D eigenvalue weighted by molar-refractivity contribution is 7.85. The molecular weight excluding hydrogens is 250 g/mol. The summed E-state index contributed by atoms with van der Waals surface area (Å²) < 4.78 is 16.6. The Morgan fingerprint density at radius 2 is 2.22 bits per heavy atom. The molecule has 0 aliphatic carbocycles. The Morgan fingerprint density at radius 3 is 2.83 bits per heavy atom. The van der Waals surface area contributed by atoms with Gasteiger partial charge in [0.25, 0.3) is 0 Å². The van der Waals surface area contributed by atoms with Crippen LogP contribution in [0.1, 0.15) is 39.0 Å². The summed E-state index contributed by atoms with van der Waals surface area (Å²) in [5, 5.41) is -0.105. The lowest BCUT2D eigenvalue weighted by atomic mass is 10.0. The van der Waals surface area contributed by atoms with Gasteiger partial charge in [-0.3, -0.25) is 9.00 Å². The predicted molar refractivity (Wildman–Crippen MR) is 74.0 cm³/mol. The van der Waals surface area contributed by atoms with Gasteiger partial charge in [0.15, 0.2) is 0 Å². The molecule has 0 aromatic heterocycles. The first-order chi connectivity index (χ1) is 8.54. The maximum atomic E-state index is 12.0. The summed E-state index contributed by atoms with van der Waals surface area (Å²) >= 11 is 0. The number of likely N-dealkylation sites (tertiary alicyclic amines) is 1. The molecule has 0 aromatic carbocycles. The first-order valence-electron chi connectivity index (χ1n) is 6.68. The van der Waals surface area contributed by atoms with Crippen LogP contribution in [0.4, 0.5) is 0 Å². The molecule has 5 heteroatoms. The topological polar surface area (TPSA) is 46.6 Å². The second-order valence-corrected chi connectivity index (χ2v) is 7.07. The second kappa shape index (κ2) is 7.89. The second-order valence-electron chi connectivity index (χ2n) is 5.09. The Hall–Kier alpha value is -0.420. The van der Waals surface area contributed by atoms with E-state index in [0.717, 1.165) is 13.0 Å². The van der Waals surface area contributed by atoms with Crippen molar-refractivity contribution in [1.29, 1.82) is 0 Å². The molecule has 4 nitrogen and oxygen atoms in total. The fourth-order valence-corrected chi connectivity index (χ4v) is 3.60. The number of ether oxygens (including phenoxy) is 1. The lowest BCUT2D eigenvalue weighted by Gasteiger charge is -2.32. The SMILES string of the molecule is COC(=O)CC(C)S(=O)CCC1CCCCN1C. The molecule has 0 bridgehead atoms. The van der Waals surface area contributed by atoms with Crippen molar-refractivity contribution in [3.63, 3.8) is 0 Å². The third kappa shape index (κ3) is 5.06. The molecule has 3 atom stereocenters. The fourth-order valence-electron chi connectivity index (χ4n) is 2.37. The molecule has 1 fully saturated rings. The van der Waals surface area contributed by atoms with Crippen LogP contribution in [0, 0.1) is 0 Å². The minimum atomic E-state index is -0.931. The van der Waals surface area contributed by atoms with Gasteiger partial charge in [0.2, 0.25) is 0 Å². The van der Waals surface area contributed by atoms with Gasteiger partial charge in [-0.2, -0.15) is 0 Å². The van der Waals surface area contributed by atoms with E-state index in [-0.39, 0.29) is 17.6 Å². The Balaban J connectivity index is 2.29. The van der Waals surface area contributed by atoms with Crippen LogP contribution in [0.25, 0.3) is 0 Å². The summed E-state index contributed by atoms with van der Waals surface area (Å²) in [6, 6.07) is 0.563. The maximum Gasteiger partial charge on any atom is 0.306 e. The van der Waals surface area contributed by atoms with Crippen LogP contribution in [-0.4, -0.2) is 52.8 Å². The standard InChI is InChI=1S/C13H25NO3S/c1-11(10-13(15)17-3)18(16)9-7-12-6-4-5-8-14(12)2/h11-12H,4-10H2,1-3H3. The van der Waals surface area contributed by atoms with E-state index in [0.29, 0.717) is 11.8 Å².